The molecule has 2 heteroatoms. The molecule has 0 fully saturated rings. The van der Waals surface area contributed by atoms with Gasteiger partial charge in [0.2, 0.25) is 0 Å². The Balaban J connectivity index is 0.000001000. The van der Waals surface area contributed by atoms with E-state index in [2.05, 4.69) is 5.10 Å². The summed E-state index contributed by atoms with van der Waals surface area (Å²) in [6, 6.07) is 9.85. The van der Waals surface area contributed by atoms with Gasteiger partial charge in [0.05, 0.1) is 5.71 Å². The quantitative estimate of drug-likeness (QED) is 0.371. The molecule has 60 valence electrons. The standard InChI is InChI=1S/C8H10N2.CH4/c1-7(10-9)8-5-3-2-4-6-8;/h2-6H,9H2,1H3;1H4/b10-7-;. The van der Waals surface area contributed by atoms with Crippen molar-refractivity contribution in [2.45, 2.75) is 14.4 Å². The van der Waals surface area contributed by atoms with E-state index >= 15 is 0 Å². The zero-order chi connectivity index (χ0) is 7.40. The topological polar surface area (TPSA) is 38.4 Å². The normalized spacial score (nSPS) is 10.5. The second kappa shape index (κ2) is 4.50. The Bertz CT molecular complexity index is 227. The van der Waals surface area contributed by atoms with Gasteiger partial charge in [0.15, 0.2) is 0 Å². The first-order chi connectivity index (χ1) is 4.84. The summed E-state index contributed by atoms with van der Waals surface area (Å²) in [4.78, 5) is 0. The zero-order valence-electron chi connectivity index (χ0n) is 5.91. The predicted octanol–water partition coefficient (Wildman–Crippen LogP) is 2.01. The van der Waals surface area contributed by atoms with Crippen LogP contribution < -0.4 is 5.84 Å². The second-order valence-corrected chi connectivity index (χ2v) is 2.08. The maximum absolute atomic E-state index is 5.09. The molecule has 11 heavy (non-hydrogen) atoms. The lowest BCUT2D eigenvalue weighted by molar-refractivity contribution is 1.24. The fourth-order valence-corrected chi connectivity index (χ4v) is 0.754. The second-order valence-electron chi connectivity index (χ2n) is 2.08. The third-order valence-corrected chi connectivity index (χ3v) is 1.39. The third-order valence-electron chi connectivity index (χ3n) is 1.39. The molecule has 0 aliphatic heterocycles. The van der Waals surface area contributed by atoms with Crippen molar-refractivity contribution >= 4 is 5.71 Å². The summed E-state index contributed by atoms with van der Waals surface area (Å²) in [5.41, 5.74) is 1.94. The lowest BCUT2D eigenvalue weighted by atomic mass is 10.1. The van der Waals surface area contributed by atoms with Gasteiger partial charge in [-0.1, -0.05) is 37.8 Å². The number of hydrazone groups is 1. The number of hydrogen-bond acceptors (Lipinski definition) is 2. The first-order valence-corrected chi connectivity index (χ1v) is 3.14. The lowest BCUT2D eigenvalue weighted by Gasteiger charge is -1.95. The third kappa shape index (κ3) is 2.42. The molecule has 0 bridgehead atoms. The van der Waals surface area contributed by atoms with Gasteiger partial charge in [-0.15, -0.1) is 0 Å². The average Bonchev–Trinajstić information content (AvgIpc) is 2.05. The van der Waals surface area contributed by atoms with E-state index in [0.717, 1.165) is 11.3 Å². The van der Waals surface area contributed by atoms with Crippen LogP contribution in [0.3, 0.4) is 0 Å². The molecule has 0 atom stereocenters. The molecular formula is C9H14N2. The van der Waals surface area contributed by atoms with Gasteiger partial charge in [-0.25, -0.2) is 0 Å². The Morgan fingerprint density at radius 3 is 2.27 bits per heavy atom. The van der Waals surface area contributed by atoms with E-state index in [0.29, 0.717) is 0 Å². The molecule has 1 rings (SSSR count). The van der Waals surface area contributed by atoms with Crippen LogP contribution in [0.5, 0.6) is 0 Å². The largest absolute Gasteiger partial charge is 0.323 e. The van der Waals surface area contributed by atoms with Crippen molar-refractivity contribution in [3.05, 3.63) is 35.9 Å². The highest BCUT2D eigenvalue weighted by molar-refractivity contribution is 5.98. The zero-order valence-corrected chi connectivity index (χ0v) is 5.91. The van der Waals surface area contributed by atoms with Crippen molar-refractivity contribution < 1.29 is 0 Å². The molecule has 0 saturated heterocycles. The van der Waals surface area contributed by atoms with Crippen molar-refractivity contribution in [1.29, 1.82) is 0 Å². The average molecular weight is 150 g/mol. The SMILES string of the molecule is C.C/C(=N/N)c1ccccc1. The van der Waals surface area contributed by atoms with Crippen LogP contribution in [0.4, 0.5) is 0 Å². The van der Waals surface area contributed by atoms with Gasteiger partial charge in [0.25, 0.3) is 0 Å². The number of benzene rings is 1. The smallest absolute Gasteiger partial charge is 0.0641 e. The van der Waals surface area contributed by atoms with Crippen LogP contribution in [0.25, 0.3) is 0 Å². The molecule has 0 spiro atoms. The highest BCUT2D eigenvalue weighted by Gasteiger charge is 1.91. The van der Waals surface area contributed by atoms with Gasteiger partial charge >= 0.3 is 0 Å². The summed E-state index contributed by atoms with van der Waals surface area (Å²) < 4.78 is 0. The molecule has 0 aliphatic carbocycles. The van der Waals surface area contributed by atoms with E-state index in [1.54, 1.807) is 0 Å². The van der Waals surface area contributed by atoms with Crippen LogP contribution in [0.15, 0.2) is 35.4 Å². The van der Waals surface area contributed by atoms with E-state index in [-0.39, 0.29) is 7.43 Å². The first-order valence-electron chi connectivity index (χ1n) is 3.14. The number of hydrogen-bond donors (Lipinski definition) is 1. The molecule has 1 aromatic carbocycles. The summed E-state index contributed by atoms with van der Waals surface area (Å²) in [5, 5.41) is 3.58. The van der Waals surface area contributed by atoms with Gasteiger partial charge in [-0.3, -0.25) is 0 Å². The van der Waals surface area contributed by atoms with E-state index in [1.807, 2.05) is 37.3 Å². The number of nitrogens with zero attached hydrogens (tertiary/aromatic N) is 1. The minimum Gasteiger partial charge on any atom is -0.323 e. The number of nitrogens with two attached hydrogens (primary N) is 1. The van der Waals surface area contributed by atoms with E-state index in [1.165, 1.54) is 0 Å². The van der Waals surface area contributed by atoms with Crippen LogP contribution in [0.2, 0.25) is 0 Å². The summed E-state index contributed by atoms with van der Waals surface area (Å²) in [6.07, 6.45) is 0. The Hall–Kier alpha value is -1.31. The first kappa shape index (κ1) is 9.69. The molecule has 0 saturated carbocycles. The summed E-state index contributed by atoms with van der Waals surface area (Å²) in [6.45, 7) is 1.88. The van der Waals surface area contributed by atoms with Gasteiger partial charge in [0, 0.05) is 0 Å². The van der Waals surface area contributed by atoms with Crippen molar-refractivity contribution in [3.8, 4) is 0 Å². The maximum atomic E-state index is 5.09. The minimum absolute atomic E-state index is 0. The predicted molar refractivity (Wildman–Crippen MR) is 49.6 cm³/mol. The van der Waals surface area contributed by atoms with Crippen LogP contribution in [0.1, 0.15) is 19.9 Å². The minimum atomic E-state index is 0. The Morgan fingerprint density at radius 2 is 1.82 bits per heavy atom. The van der Waals surface area contributed by atoms with Gasteiger partial charge < -0.3 is 5.84 Å². The Morgan fingerprint density at radius 1 is 1.27 bits per heavy atom. The van der Waals surface area contributed by atoms with Crippen LogP contribution in [0, 0.1) is 0 Å². The van der Waals surface area contributed by atoms with Crippen molar-refractivity contribution in [1.82, 2.24) is 0 Å². The molecule has 0 aliphatic rings. The molecule has 1 aromatic rings. The van der Waals surface area contributed by atoms with E-state index in [4.69, 9.17) is 5.84 Å². The molecule has 2 N–H and O–H groups in total. The fraction of sp³-hybridized carbons (Fsp3) is 0.222. The van der Waals surface area contributed by atoms with Crippen LogP contribution >= 0.6 is 0 Å². The molecule has 2 nitrogen and oxygen atoms in total. The van der Waals surface area contributed by atoms with Crippen molar-refractivity contribution in [2.75, 3.05) is 0 Å². The molecule has 0 amide bonds. The summed E-state index contributed by atoms with van der Waals surface area (Å²) in [5.74, 6) is 5.09. The Kier molecular flexibility index (Phi) is 3.96. The summed E-state index contributed by atoms with van der Waals surface area (Å²) >= 11 is 0. The van der Waals surface area contributed by atoms with Crippen LogP contribution in [-0.2, 0) is 0 Å². The monoisotopic (exact) mass is 150 g/mol. The van der Waals surface area contributed by atoms with E-state index < -0.39 is 0 Å². The van der Waals surface area contributed by atoms with E-state index in [9.17, 15) is 0 Å². The molecular weight excluding hydrogens is 136 g/mol. The molecule has 0 heterocycles. The van der Waals surface area contributed by atoms with Crippen molar-refractivity contribution in [2.24, 2.45) is 10.9 Å². The van der Waals surface area contributed by atoms with Gasteiger partial charge in [0.1, 0.15) is 0 Å². The van der Waals surface area contributed by atoms with Gasteiger partial charge in [-0.2, -0.15) is 5.10 Å². The highest BCUT2D eigenvalue weighted by atomic mass is 15.1. The number of rotatable bonds is 1. The fourth-order valence-electron chi connectivity index (χ4n) is 0.754. The Labute approximate surface area is 67.7 Å². The highest BCUT2D eigenvalue weighted by Crippen LogP contribution is 1.98. The molecule has 0 radical (unpaired) electrons. The lowest BCUT2D eigenvalue weighted by Crippen LogP contribution is -1.97. The van der Waals surface area contributed by atoms with Crippen molar-refractivity contribution in [3.63, 3.8) is 0 Å². The van der Waals surface area contributed by atoms with Gasteiger partial charge in [-0.05, 0) is 12.5 Å². The summed E-state index contributed by atoms with van der Waals surface area (Å²) in [7, 11) is 0. The molecule has 0 unspecified atom stereocenters. The maximum Gasteiger partial charge on any atom is 0.0641 e. The molecule has 0 aromatic heterocycles. The van der Waals surface area contributed by atoms with Crippen LogP contribution in [-0.4, -0.2) is 5.71 Å².